The van der Waals surface area contributed by atoms with Crippen LogP contribution in [0.3, 0.4) is 0 Å². The predicted octanol–water partition coefficient (Wildman–Crippen LogP) is 2.23. The quantitative estimate of drug-likeness (QED) is 0.555. The second-order valence-electron chi connectivity index (χ2n) is 3.79. The van der Waals surface area contributed by atoms with Gasteiger partial charge in [-0.05, 0) is 23.8 Å². The van der Waals surface area contributed by atoms with Crippen LogP contribution in [-0.4, -0.2) is 20.2 Å². The highest BCUT2D eigenvalue weighted by atomic mass is 32.2. The molecule has 0 atom stereocenters. The van der Waals surface area contributed by atoms with Crippen LogP contribution in [0, 0.1) is 0 Å². The first-order valence-electron chi connectivity index (χ1n) is 5.45. The van der Waals surface area contributed by atoms with Crippen LogP contribution in [0.1, 0.15) is 5.56 Å². The molecule has 1 aromatic carbocycles. The Kier molecular flexibility index (Phi) is 2.85. The smallest absolute Gasteiger partial charge is 0.183 e. The van der Waals surface area contributed by atoms with E-state index in [0.717, 1.165) is 33.1 Å². The minimum absolute atomic E-state index is 0.756. The first kappa shape index (κ1) is 11.0. The molecule has 0 amide bonds. The molecule has 6 heteroatoms. The molecular weight excluding hydrogens is 246 g/mol. The molecule has 0 saturated carbocycles. The Balaban J connectivity index is 1.94. The summed E-state index contributed by atoms with van der Waals surface area (Å²) in [5.41, 5.74) is 8.79. The van der Waals surface area contributed by atoms with E-state index >= 15 is 0 Å². The molecule has 2 heterocycles. The van der Waals surface area contributed by atoms with Gasteiger partial charge in [0, 0.05) is 23.0 Å². The number of fused-ring (bicyclic) bond motifs is 1. The second-order valence-corrected chi connectivity index (χ2v) is 4.76. The molecule has 0 aliphatic carbocycles. The van der Waals surface area contributed by atoms with E-state index in [2.05, 4.69) is 20.2 Å². The number of anilines is 1. The van der Waals surface area contributed by atoms with Crippen LogP contribution >= 0.6 is 11.8 Å². The van der Waals surface area contributed by atoms with Gasteiger partial charge in [0.1, 0.15) is 6.33 Å². The largest absolute Gasteiger partial charge is 0.398 e. The Labute approximate surface area is 108 Å². The number of H-pyrrole nitrogens is 1. The summed E-state index contributed by atoms with van der Waals surface area (Å²) in [7, 11) is 0. The molecule has 3 N–H and O–H groups in total. The lowest BCUT2D eigenvalue weighted by Crippen LogP contribution is -1.93. The number of rotatable bonds is 3. The van der Waals surface area contributed by atoms with Gasteiger partial charge in [-0.3, -0.25) is 10.1 Å². The number of hydrogen-bond acceptors (Lipinski definition) is 5. The van der Waals surface area contributed by atoms with Crippen LogP contribution in [0.5, 0.6) is 0 Å². The van der Waals surface area contributed by atoms with Gasteiger partial charge in [0.2, 0.25) is 0 Å². The number of thioether (sulfide) groups is 1. The third-order valence-corrected chi connectivity index (χ3v) is 3.57. The van der Waals surface area contributed by atoms with Crippen molar-refractivity contribution in [1.29, 1.82) is 0 Å². The van der Waals surface area contributed by atoms with E-state index in [1.54, 1.807) is 18.0 Å². The number of aromatic nitrogens is 4. The Morgan fingerprint density at radius 2 is 2.17 bits per heavy atom. The van der Waals surface area contributed by atoms with Crippen LogP contribution in [-0.2, 0) is 5.75 Å². The number of benzene rings is 1. The summed E-state index contributed by atoms with van der Waals surface area (Å²) in [6, 6.07) is 7.81. The fourth-order valence-corrected chi connectivity index (χ4v) is 2.54. The molecule has 0 fully saturated rings. The molecule has 0 unspecified atom stereocenters. The van der Waals surface area contributed by atoms with Gasteiger partial charge in [-0.25, -0.2) is 4.98 Å². The molecule has 0 saturated heterocycles. The summed E-state index contributed by atoms with van der Waals surface area (Å²) in [5.74, 6) is 0.781. The van der Waals surface area contributed by atoms with Crippen molar-refractivity contribution in [2.75, 3.05) is 5.73 Å². The van der Waals surface area contributed by atoms with Gasteiger partial charge >= 0.3 is 0 Å². The van der Waals surface area contributed by atoms with Crippen LogP contribution in [0.25, 0.3) is 10.9 Å². The topological polar surface area (TPSA) is 80.5 Å². The average Bonchev–Trinajstić information content (AvgIpc) is 2.92. The highest BCUT2D eigenvalue weighted by Crippen LogP contribution is 2.27. The summed E-state index contributed by atoms with van der Waals surface area (Å²) < 4.78 is 0. The Morgan fingerprint density at radius 1 is 1.22 bits per heavy atom. The number of nitrogens with two attached hydrogens (primary N) is 1. The molecule has 0 radical (unpaired) electrons. The van der Waals surface area contributed by atoms with Gasteiger partial charge in [-0.2, -0.15) is 5.10 Å². The average molecular weight is 257 g/mol. The van der Waals surface area contributed by atoms with Crippen molar-refractivity contribution >= 4 is 28.4 Å². The molecular formula is C12H11N5S. The van der Waals surface area contributed by atoms with Gasteiger partial charge < -0.3 is 5.73 Å². The van der Waals surface area contributed by atoms with Gasteiger partial charge in [0.15, 0.2) is 5.16 Å². The van der Waals surface area contributed by atoms with Crippen molar-refractivity contribution in [3.8, 4) is 0 Å². The molecule has 3 aromatic rings. The first-order chi connectivity index (χ1) is 8.84. The van der Waals surface area contributed by atoms with E-state index in [-0.39, 0.29) is 0 Å². The number of nitrogens with one attached hydrogen (secondary N) is 1. The zero-order valence-corrected chi connectivity index (χ0v) is 10.3. The number of aromatic amines is 1. The highest BCUT2D eigenvalue weighted by molar-refractivity contribution is 7.98. The van der Waals surface area contributed by atoms with Crippen molar-refractivity contribution in [2.24, 2.45) is 0 Å². The first-order valence-corrected chi connectivity index (χ1v) is 6.43. The van der Waals surface area contributed by atoms with Gasteiger partial charge in [-0.1, -0.05) is 17.8 Å². The fraction of sp³-hybridized carbons (Fsp3) is 0.0833. The molecule has 0 spiro atoms. The normalized spacial score (nSPS) is 10.9. The van der Waals surface area contributed by atoms with E-state index in [4.69, 9.17) is 5.73 Å². The van der Waals surface area contributed by atoms with E-state index in [9.17, 15) is 0 Å². The van der Waals surface area contributed by atoms with Crippen molar-refractivity contribution < 1.29 is 0 Å². The zero-order chi connectivity index (χ0) is 12.4. The Hall–Kier alpha value is -2.08. The number of nitrogen functional groups attached to an aromatic ring is 1. The Bertz CT molecular complexity index is 665. The highest BCUT2D eigenvalue weighted by Gasteiger charge is 2.06. The number of hydrogen-bond donors (Lipinski definition) is 2. The molecule has 90 valence electrons. The molecule has 0 bridgehead atoms. The van der Waals surface area contributed by atoms with Gasteiger partial charge in [0.05, 0.1) is 5.52 Å². The third-order valence-electron chi connectivity index (χ3n) is 2.64. The lowest BCUT2D eigenvalue weighted by molar-refractivity contribution is 0.973. The number of nitrogens with zero attached hydrogens (tertiary/aromatic N) is 3. The van der Waals surface area contributed by atoms with Crippen LogP contribution < -0.4 is 5.73 Å². The van der Waals surface area contributed by atoms with Crippen molar-refractivity contribution in [2.45, 2.75) is 10.9 Å². The van der Waals surface area contributed by atoms with Gasteiger partial charge in [0.25, 0.3) is 0 Å². The summed E-state index contributed by atoms with van der Waals surface area (Å²) in [5, 5.41) is 8.44. The molecule has 2 aromatic heterocycles. The van der Waals surface area contributed by atoms with Crippen molar-refractivity contribution in [3.63, 3.8) is 0 Å². The SMILES string of the molecule is Nc1ccc(CSc2ncn[nH]2)c2ncccc12. The van der Waals surface area contributed by atoms with Gasteiger partial charge in [-0.15, -0.1) is 0 Å². The lowest BCUT2D eigenvalue weighted by atomic mass is 10.1. The standard InChI is InChI=1S/C12H11N5S/c13-10-4-3-8(6-18-12-15-7-16-17-12)11-9(10)2-1-5-14-11/h1-5,7H,6,13H2,(H,15,16,17). The summed E-state index contributed by atoms with van der Waals surface area (Å²) in [4.78, 5) is 8.48. The monoisotopic (exact) mass is 257 g/mol. The summed E-state index contributed by atoms with van der Waals surface area (Å²) >= 11 is 1.59. The maximum atomic E-state index is 5.94. The molecule has 0 aliphatic heterocycles. The van der Waals surface area contributed by atoms with Crippen molar-refractivity contribution in [1.82, 2.24) is 20.2 Å². The molecule has 0 aliphatic rings. The van der Waals surface area contributed by atoms with Crippen molar-refractivity contribution in [3.05, 3.63) is 42.4 Å². The second kappa shape index (κ2) is 4.66. The predicted molar refractivity (Wildman–Crippen MR) is 72.1 cm³/mol. The van der Waals surface area contributed by atoms with Crippen LogP contribution in [0.2, 0.25) is 0 Å². The molecule has 5 nitrogen and oxygen atoms in total. The van der Waals surface area contributed by atoms with Crippen LogP contribution in [0.15, 0.2) is 41.9 Å². The van der Waals surface area contributed by atoms with E-state index in [1.165, 1.54) is 6.33 Å². The fourth-order valence-electron chi connectivity index (χ4n) is 1.78. The lowest BCUT2D eigenvalue weighted by Gasteiger charge is -2.06. The minimum Gasteiger partial charge on any atom is -0.398 e. The summed E-state index contributed by atoms with van der Waals surface area (Å²) in [6.45, 7) is 0. The van der Waals surface area contributed by atoms with E-state index in [1.807, 2.05) is 24.3 Å². The molecule has 18 heavy (non-hydrogen) atoms. The minimum atomic E-state index is 0.756. The number of pyridine rings is 1. The summed E-state index contributed by atoms with van der Waals surface area (Å²) in [6.07, 6.45) is 3.28. The molecule has 3 rings (SSSR count). The van der Waals surface area contributed by atoms with E-state index < -0.39 is 0 Å². The van der Waals surface area contributed by atoms with Crippen LogP contribution in [0.4, 0.5) is 5.69 Å². The Morgan fingerprint density at radius 3 is 3.00 bits per heavy atom. The zero-order valence-electron chi connectivity index (χ0n) is 9.50. The van der Waals surface area contributed by atoms with E-state index in [0.29, 0.717) is 0 Å². The maximum absolute atomic E-state index is 5.94. The maximum Gasteiger partial charge on any atom is 0.183 e. The third kappa shape index (κ3) is 2.02.